The standard InChI is InChI=1S/C19H35N2O8P/c1-7-14(8-2)11-27-18(24)13(3)21-30(25)28-12-19(4,5)16(29-30)17(23)20-10-9-15(22)26-6/h13-14,16H,7-12H2,1-6H3,(H,20,23)(H,21,25)/t13-,16-,30?/m0/s1. The van der Waals surface area contributed by atoms with Crippen LogP contribution in [0.25, 0.3) is 0 Å². The van der Waals surface area contributed by atoms with Crippen molar-refractivity contribution in [2.45, 2.75) is 66.0 Å². The largest absolute Gasteiger partial charge is 0.469 e. The molecule has 1 rings (SSSR count). The summed E-state index contributed by atoms with van der Waals surface area (Å²) in [5.74, 6) is -1.31. The van der Waals surface area contributed by atoms with Crippen LogP contribution in [0.4, 0.5) is 0 Å². The van der Waals surface area contributed by atoms with Crippen LogP contribution in [-0.4, -0.2) is 56.9 Å². The number of amides is 1. The minimum absolute atomic E-state index is 0.00118. The van der Waals surface area contributed by atoms with Gasteiger partial charge < -0.3 is 14.8 Å². The second-order valence-corrected chi connectivity index (χ2v) is 9.75. The van der Waals surface area contributed by atoms with Crippen molar-refractivity contribution >= 4 is 25.6 Å². The van der Waals surface area contributed by atoms with E-state index in [0.29, 0.717) is 0 Å². The summed E-state index contributed by atoms with van der Waals surface area (Å²) in [6.07, 6.45) is 0.673. The van der Waals surface area contributed by atoms with Crippen molar-refractivity contribution < 1.29 is 37.5 Å². The van der Waals surface area contributed by atoms with Crippen molar-refractivity contribution in [3.8, 4) is 0 Å². The number of rotatable bonds is 11. The van der Waals surface area contributed by atoms with Gasteiger partial charge in [-0.05, 0) is 12.8 Å². The van der Waals surface area contributed by atoms with Gasteiger partial charge in [0.1, 0.15) is 6.04 Å². The molecular formula is C19H35N2O8P. The first-order chi connectivity index (χ1) is 14.0. The van der Waals surface area contributed by atoms with Gasteiger partial charge in [0.15, 0.2) is 6.10 Å². The molecule has 1 fully saturated rings. The zero-order valence-electron chi connectivity index (χ0n) is 18.7. The average molecular weight is 450 g/mol. The fraction of sp³-hybridized carbons (Fsp3) is 0.842. The molecule has 1 saturated heterocycles. The first kappa shape index (κ1) is 26.6. The van der Waals surface area contributed by atoms with Crippen molar-refractivity contribution in [2.24, 2.45) is 11.3 Å². The van der Waals surface area contributed by atoms with Gasteiger partial charge in [-0.2, -0.15) is 0 Å². The summed E-state index contributed by atoms with van der Waals surface area (Å²) in [7, 11) is -2.68. The summed E-state index contributed by atoms with van der Waals surface area (Å²) in [6, 6.07) is -0.950. The Morgan fingerprint density at radius 2 is 1.87 bits per heavy atom. The van der Waals surface area contributed by atoms with Crippen LogP contribution in [0, 0.1) is 11.3 Å². The molecule has 174 valence electrons. The van der Waals surface area contributed by atoms with E-state index >= 15 is 0 Å². The SMILES string of the molecule is CCC(CC)COC(=O)[C@H](C)NP1(=O)OCC(C)(C)[C@H](C(=O)NCCC(=O)OC)O1. The highest BCUT2D eigenvalue weighted by atomic mass is 31.2. The minimum Gasteiger partial charge on any atom is -0.469 e. The quantitative estimate of drug-likeness (QED) is 0.359. The molecule has 1 heterocycles. The van der Waals surface area contributed by atoms with Crippen LogP contribution >= 0.6 is 7.75 Å². The Labute approximate surface area is 178 Å². The van der Waals surface area contributed by atoms with E-state index in [-0.39, 0.29) is 32.1 Å². The van der Waals surface area contributed by atoms with E-state index in [4.69, 9.17) is 13.8 Å². The normalized spacial score (nSPS) is 24.2. The first-order valence-corrected chi connectivity index (χ1v) is 11.7. The van der Waals surface area contributed by atoms with E-state index in [9.17, 15) is 18.9 Å². The zero-order chi connectivity index (χ0) is 22.9. The lowest BCUT2D eigenvalue weighted by Crippen LogP contribution is -2.51. The van der Waals surface area contributed by atoms with Gasteiger partial charge in [0.25, 0.3) is 0 Å². The number of hydrogen-bond donors (Lipinski definition) is 2. The maximum absolute atomic E-state index is 13.0. The molecule has 0 bridgehead atoms. The molecule has 0 aromatic rings. The molecular weight excluding hydrogens is 415 g/mol. The predicted molar refractivity (Wildman–Crippen MR) is 109 cm³/mol. The summed E-state index contributed by atoms with van der Waals surface area (Å²) in [6.45, 7) is 9.30. The van der Waals surface area contributed by atoms with Gasteiger partial charge in [0, 0.05) is 12.0 Å². The minimum atomic E-state index is -3.93. The number of ether oxygens (including phenoxy) is 2. The number of carbonyl (C=O) groups excluding carboxylic acids is 3. The molecule has 0 saturated carbocycles. The average Bonchev–Trinajstić information content (AvgIpc) is 2.70. The van der Waals surface area contributed by atoms with Crippen LogP contribution < -0.4 is 10.4 Å². The van der Waals surface area contributed by atoms with E-state index in [2.05, 4.69) is 15.1 Å². The van der Waals surface area contributed by atoms with Crippen molar-refractivity contribution in [1.82, 2.24) is 10.4 Å². The number of methoxy groups -OCH3 is 1. The van der Waals surface area contributed by atoms with E-state index in [0.717, 1.165) is 12.8 Å². The summed E-state index contributed by atoms with van der Waals surface area (Å²) in [5, 5.41) is 5.12. The molecule has 1 unspecified atom stereocenters. The lowest BCUT2D eigenvalue weighted by Gasteiger charge is -2.40. The molecule has 10 nitrogen and oxygen atoms in total. The van der Waals surface area contributed by atoms with Gasteiger partial charge in [-0.3, -0.25) is 23.4 Å². The number of hydrogen-bond acceptors (Lipinski definition) is 8. The fourth-order valence-corrected chi connectivity index (χ4v) is 4.67. The number of esters is 2. The zero-order valence-corrected chi connectivity index (χ0v) is 19.6. The maximum atomic E-state index is 13.0. The first-order valence-electron chi connectivity index (χ1n) is 10.2. The molecule has 30 heavy (non-hydrogen) atoms. The Hall–Kier alpha value is -1.48. The Bertz CT molecular complexity index is 650. The maximum Gasteiger partial charge on any atom is 0.407 e. The summed E-state index contributed by atoms with van der Waals surface area (Å²) in [5.41, 5.74) is -0.774. The summed E-state index contributed by atoms with van der Waals surface area (Å²) in [4.78, 5) is 36.0. The van der Waals surface area contributed by atoms with Crippen LogP contribution in [0.1, 0.15) is 53.9 Å². The molecule has 0 aromatic heterocycles. The van der Waals surface area contributed by atoms with Gasteiger partial charge in [0.05, 0.1) is 26.7 Å². The molecule has 2 N–H and O–H groups in total. The molecule has 11 heteroatoms. The highest BCUT2D eigenvalue weighted by molar-refractivity contribution is 7.51. The summed E-state index contributed by atoms with van der Waals surface area (Å²) >= 11 is 0. The van der Waals surface area contributed by atoms with Gasteiger partial charge in [-0.1, -0.05) is 40.5 Å². The third-order valence-electron chi connectivity index (χ3n) is 4.98. The number of nitrogens with one attached hydrogen (secondary N) is 2. The van der Waals surface area contributed by atoms with E-state index in [1.165, 1.54) is 14.0 Å². The topological polar surface area (TPSA) is 129 Å². The molecule has 1 aliphatic heterocycles. The molecule has 0 aliphatic carbocycles. The lowest BCUT2D eigenvalue weighted by atomic mass is 9.87. The van der Waals surface area contributed by atoms with Crippen LogP contribution in [0.3, 0.4) is 0 Å². The second-order valence-electron chi connectivity index (χ2n) is 8.03. The molecule has 0 aromatic carbocycles. The van der Waals surface area contributed by atoms with Crippen molar-refractivity contribution in [3.05, 3.63) is 0 Å². The lowest BCUT2D eigenvalue weighted by molar-refractivity contribution is -0.147. The van der Waals surface area contributed by atoms with Crippen LogP contribution in [-0.2, 0) is 37.5 Å². The predicted octanol–water partition coefficient (Wildman–Crippen LogP) is 2.17. The van der Waals surface area contributed by atoms with Gasteiger partial charge in [0.2, 0.25) is 5.91 Å². The van der Waals surface area contributed by atoms with E-state index < -0.39 is 43.2 Å². The van der Waals surface area contributed by atoms with Crippen molar-refractivity contribution in [2.75, 3.05) is 26.9 Å². The highest BCUT2D eigenvalue weighted by Gasteiger charge is 2.49. The van der Waals surface area contributed by atoms with Crippen molar-refractivity contribution in [3.63, 3.8) is 0 Å². The van der Waals surface area contributed by atoms with Crippen LogP contribution in [0.15, 0.2) is 0 Å². The van der Waals surface area contributed by atoms with Gasteiger partial charge >= 0.3 is 19.7 Å². The Balaban J connectivity index is 2.70. The second kappa shape index (κ2) is 11.8. The van der Waals surface area contributed by atoms with Crippen LogP contribution in [0.2, 0.25) is 0 Å². The molecule has 3 atom stereocenters. The highest BCUT2D eigenvalue weighted by Crippen LogP contribution is 2.53. The Morgan fingerprint density at radius 1 is 1.23 bits per heavy atom. The monoisotopic (exact) mass is 450 g/mol. The van der Waals surface area contributed by atoms with Gasteiger partial charge in [-0.15, -0.1) is 0 Å². The molecule has 1 aliphatic rings. The Kier molecular flexibility index (Phi) is 10.4. The fourth-order valence-electron chi connectivity index (χ4n) is 2.73. The third kappa shape index (κ3) is 7.98. The number of carbonyl (C=O) groups is 3. The van der Waals surface area contributed by atoms with Crippen molar-refractivity contribution in [1.29, 1.82) is 0 Å². The van der Waals surface area contributed by atoms with E-state index in [1.807, 2.05) is 13.8 Å². The summed E-state index contributed by atoms with van der Waals surface area (Å²) < 4.78 is 33.7. The van der Waals surface area contributed by atoms with E-state index in [1.54, 1.807) is 13.8 Å². The molecule has 1 amide bonds. The van der Waals surface area contributed by atoms with Gasteiger partial charge in [-0.25, -0.2) is 9.65 Å². The third-order valence-corrected chi connectivity index (χ3v) is 6.64. The molecule has 0 radical (unpaired) electrons. The van der Waals surface area contributed by atoms with Crippen LogP contribution in [0.5, 0.6) is 0 Å². The Morgan fingerprint density at radius 3 is 2.43 bits per heavy atom. The smallest absolute Gasteiger partial charge is 0.407 e. The molecule has 0 spiro atoms.